The van der Waals surface area contributed by atoms with Crippen molar-refractivity contribution in [2.24, 2.45) is 5.92 Å². The van der Waals surface area contributed by atoms with Crippen LogP contribution in [0.5, 0.6) is 0 Å². The lowest BCUT2D eigenvalue weighted by Gasteiger charge is -2.41. The van der Waals surface area contributed by atoms with Crippen LogP contribution in [0.3, 0.4) is 0 Å². The van der Waals surface area contributed by atoms with E-state index in [1.165, 1.54) is 44.3 Å². The summed E-state index contributed by atoms with van der Waals surface area (Å²) in [5.41, 5.74) is 1.19. The average Bonchev–Trinajstić information content (AvgIpc) is 3.59. The molecule has 0 radical (unpaired) electrons. The Bertz CT molecular complexity index is 653. The van der Waals surface area contributed by atoms with E-state index in [9.17, 15) is 4.79 Å². The summed E-state index contributed by atoms with van der Waals surface area (Å²) in [6, 6.07) is 11.7. The van der Waals surface area contributed by atoms with Crippen LogP contribution in [-0.2, 0) is 9.53 Å². The van der Waals surface area contributed by atoms with Gasteiger partial charge in [-0.25, -0.2) is 0 Å². The molecule has 1 aromatic carbocycles. The van der Waals surface area contributed by atoms with Gasteiger partial charge in [-0.3, -0.25) is 9.69 Å². The predicted molar refractivity (Wildman–Crippen MR) is 116 cm³/mol. The molecule has 3 aliphatic rings. The highest BCUT2D eigenvalue weighted by Crippen LogP contribution is 2.38. The summed E-state index contributed by atoms with van der Waals surface area (Å²) in [4.78, 5) is 18.1. The van der Waals surface area contributed by atoms with Gasteiger partial charge in [-0.05, 0) is 70.5 Å². The first-order chi connectivity index (χ1) is 14.1. The molecule has 1 aliphatic carbocycles. The van der Waals surface area contributed by atoms with Gasteiger partial charge < -0.3 is 15.0 Å². The van der Waals surface area contributed by atoms with E-state index in [0.29, 0.717) is 18.7 Å². The van der Waals surface area contributed by atoms with Crippen molar-refractivity contribution >= 4 is 5.91 Å². The molecule has 160 valence electrons. The standard InChI is InChI=1S/C24H37N3O2/c1-18(2)26-14-11-19(12-15-26)10-13-25-24(28)23-22(20-6-4-3-5-7-20)27(16-17-29-23)21-8-9-21/h3-7,18-19,21-23H,8-17H2,1-2H3,(H,25,28)/t22-,23+/m0/s1. The zero-order valence-corrected chi connectivity index (χ0v) is 18.1. The topological polar surface area (TPSA) is 44.8 Å². The van der Waals surface area contributed by atoms with Crippen molar-refractivity contribution in [1.82, 2.24) is 15.1 Å². The van der Waals surface area contributed by atoms with E-state index in [1.54, 1.807) is 0 Å². The molecule has 1 amide bonds. The van der Waals surface area contributed by atoms with Gasteiger partial charge in [0.25, 0.3) is 5.91 Å². The molecule has 5 heteroatoms. The summed E-state index contributed by atoms with van der Waals surface area (Å²) >= 11 is 0. The number of piperidine rings is 1. The molecular weight excluding hydrogens is 362 g/mol. The number of hydrogen-bond acceptors (Lipinski definition) is 4. The van der Waals surface area contributed by atoms with Gasteiger partial charge in [-0.2, -0.15) is 0 Å². The number of morpholine rings is 1. The van der Waals surface area contributed by atoms with Crippen molar-refractivity contribution in [3.05, 3.63) is 35.9 Å². The van der Waals surface area contributed by atoms with Crippen LogP contribution in [0.4, 0.5) is 0 Å². The molecule has 2 aliphatic heterocycles. The third-order valence-electron chi connectivity index (χ3n) is 6.94. The Morgan fingerprint density at radius 2 is 1.83 bits per heavy atom. The van der Waals surface area contributed by atoms with Crippen molar-refractivity contribution < 1.29 is 9.53 Å². The summed E-state index contributed by atoms with van der Waals surface area (Å²) in [6.45, 7) is 9.25. The van der Waals surface area contributed by atoms with Crippen LogP contribution in [0.25, 0.3) is 0 Å². The fraction of sp³-hybridized carbons (Fsp3) is 0.708. The largest absolute Gasteiger partial charge is 0.365 e. The second-order valence-corrected chi connectivity index (χ2v) is 9.27. The number of amides is 1. The molecule has 1 aromatic rings. The summed E-state index contributed by atoms with van der Waals surface area (Å²) < 4.78 is 6.04. The number of nitrogens with zero attached hydrogens (tertiary/aromatic N) is 2. The summed E-state index contributed by atoms with van der Waals surface area (Å²) in [7, 11) is 0. The van der Waals surface area contributed by atoms with Crippen LogP contribution in [0.2, 0.25) is 0 Å². The number of ether oxygens (including phenoxy) is 1. The number of hydrogen-bond donors (Lipinski definition) is 1. The summed E-state index contributed by atoms with van der Waals surface area (Å²) in [5.74, 6) is 0.786. The smallest absolute Gasteiger partial charge is 0.251 e. The fourth-order valence-corrected chi connectivity index (χ4v) is 5.00. The fourth-order valence-electron chi connectivity index (χ4n) is 5.00. The van der Waals surface area contributed by atoms with Gasteiger partial charge in [0.05, 0.1) is 12.6 Å². The number of rotatable bonds is 7. The SMILES string of the molecule is CC(C)N1CCC(CCNC(=O)[C@@H]2OCCN(C3CC3)[C@H]2c2ccccc2)CC1. The third kappa shape index (κ3) is 5.19. The minimum absolute atomic E-state index is 0.0340. The minimum Gasteiger partial charge on any atom is -0.365 e. The number of benzene rings is 1. The molecule has 4 rings (SSSR count). The molecule has 1 N–H and O–H groups in total. The Labute approximate surface area is 175 Å². The first-order valence-corrected chi connectivity index (χ1v) is 11.6. The monoisotopic (exact) mass is 399 g/mol. The minimum atomic E-state index is -0.408. The maximum atomic E-state index is 13.1. The van der Waals surface area contributed by atoms with Gasteiger partial charge >= 0.3 is 0 Å². The lowest BCUT2D eigenvalue weighted by molar-refractivity contribution is -0.146. The Hall–Kier alpha value is -1.43. The molecule has 1 saturated carbocycles. The van der Waals surface area contributed by atoms with Gasteiger partial charge in [0.15, 0.2) is 6.10 Å². The van der Waals surface area contributed by atoms with Crippen LogP contribution in [0, 0.1) is 5.92 Å². The molecule has 0 spiro atoms. The van der Waals surface area contributed by atoms with Gasteiger partial charge in [-0.1, -0.05) is 30.3 Å². The number of likely N-dealkylation sites (tertiary alicyclic amines) is 1. The van der Waals surface area contributed by atoms with Crippen LogP contribution in [-0.4, -0.2) is 66.7 Å². The van der Waals surface area contributed by atoms with Crippen LogP contribution < -0.4 is 5.32 Å². The van der Waals surface area contributed by atoms with E-state index in [0.717, 1.165) is 25.4 Å². The highest BCUT2D eigenvalue weighted by atomic mass is 16.5. The molecule has 0 unspecified atom stereocenters. The molecule has 5 nitrogen and oxygen atoms in total. The van der Waals surface area contributed by atoms with Gasteiger partial charge in [-0.15, -0.1) is 0 Å². The zero-order chi connectivity index (χ0) is 20.2. The van der Waals surface area contributed by atoms with Crippen molar-refractivity contribution in [3.63, 3.8) is 0 Å². The van der Waals surface area contributed by atoms with Gasteiger partial charge in [0, 0.05) is 25.2 Å². The number of carbonyl (C=O) groups is 1. The van der Waals surface area contributed by atoms with Crippen LogP contribution >= 0.6 is 0 Å². The Kier molecular flexibility index (Phi) is 6.88. The Morgan fingerprint density at radius 3 is 2.48 bits per heavy atom. The highest BCUT2D eigenvalue weighted by Gasteiger charge is 2.43. The number of carbonyl (C=O) groups excluding carboxylic acids is 1. The first kappa shape index (κ1) is 20.8. The molecule has 2 saturated heterocycles. The van der Waals surface area contributed by atoms with E-state index in [2.05, 4.69) is 53.2 Å². The molecule has 2 heterocycles. The van der Waals surface area contributed by atoms with E-state index in [1.807, 2.05) is 6.07 Å². The van der Waals surface area contributed by atoms with E-state index < -0.39 is 6.10 Å². The van der Waals surface area contributed by atoms with Gasteiger partial charge in [0.2, 0.25) is 0 Å². The normalized spacial score (nSPS) is 27.3. The highest BCUT2D eigenvalue weighted by molar-refractivity contribution is 5.82. The quantitative estimate of drug-likeness (QED) is 0.765. The molecule has 3 fully saturated rings. The molecule has 29 heavy (non-hydrogen) atoms. The average molecular weight is 400 g/mol. The lowest BCUT2D eigenvalue weighted by Crippen LogP contribution is -2.52. The van der Waals surface area contributed by atoms with Crippen LogP contribution in [0.1, 0.15) is 57.6 Å². The summed E-state index contributed by atoms with van der Waals surface area (Å²) in [6.07, 6.45) is 5.65. The maximum absolute atomic E-state index is 13.1. The van der Waals surface area contributed by atoms with Crippen LogP contribution in [0.15, 0.2) is 30.3 Å². The zero-order valence-electron chi connectivity index (χ0n) is 18.1. The van der Waals surface area contributed by atoms with Crippen molar-refractivity contribution in [3.8, 4) is 0 Å². The lowest BCUT2D eigenvalue weighted by atomic mass is 9.92. The Morgan fingerprint density at radius 1 is 1.10 bits per heavy atom. The summed E-state index contributed by atoms with van der Waals surface area (Å²) in [5, 5.41) is 3.21. The molecular formula is C24H37N3O2. The molecule has 0 bridgehead atoms. The van der Waals surface area contributed by atoms with E-state index in [-0.39, 0.29) is 11.9 Å². The second-order valence-electron chi connectivity index (χ2n) is 9.27. The maximum Gasteiger partial charge on any atom is 0.251 e. The first-order valence-electron chi connectivity index (χ1n) is 11.6. The third-order valence-corrected chi connectivity index (χ3v) is 6.94. The van der Waals surface area contributed by atoms with E-state index >= 15 is 0 Å². The van der Waals surface area contributed by atoms with Gasteiger partial charge in [0.1, 0.15) is 0 Å². The van der Waals surface area contributed by atoms with Crippen molar-refractivity contribution in [2.45, 2.75) is 70.2 Å². The predicted octanol–water partition coefficient (Wildman–Crippen LogP) is 3.22. The second kappa shape index (κ2) is 9.59. The van der Waals surface area contributed by atoms with Crippen molar-refractivity contribution in [2.75, 3.05) is 32.8 Å². The Balaban J connectivity index is 1.32. The molecule has 2 atom stereocenters. The number of nitrogens with one attached hydrogen (secondary N) is 1. The molecule has 0 aromatic heterocycles. The van der Waals surface area contributed by atoms with E-state index in [4.69, 9.17) is 4.74 Å². The van der Waals surface area contributed by atoms with Crippen molar-refractivity contribution in [1.29, 1.82) is 0 Å².